The third-order valence-corrected chi connectivity index (χ3v) is 9.93. The number of hydrogen-bond acceptors (Lipinski definition) is 3. The van der Waals surface area contributed by atoms with Crippen LogP contribution in [0.15, 0.2) is 0 Å². The molecule has 0 bridgehead atoms. The van der Waals surface area contributed by atoms with Gasteiger partial charge in [-0.05, 0) is 104 Å². The second-order valence-electron chi connectivity index (χ2n) is 11.2. The van der Waals surface area contributed by atoms with E-state index in [1.54, 1.807) is 0 Å². The summed E-state index contributed by atoms with van der Waals surface area (Å²) < 4.78 is 0. The Balaban J connectivity index is 1.55. The minimum absolute atomic E-state index is 0.179. The fourth-order valence-corrected chi connectivity index (χ4v) is 8.58. The van der Waals surface area contributed by atoms with Crippen LogP contribution in [0.1, 0.15) is 78.6 Å². The maximum absolute atomic E-state index is 11.2. The van der Waals surface area contributed by atoms with Gasteiger partial charge < -0.3 is 15.3 Å². The van der Waals surface area contributed by atoms with Crippen molar-refractivity contribution in [2.45, 2.75) is 90.8 Å². The van der Waals surface area contributed by atoms with Crippen LogP contribution in [-0.2, 0) is 4.79 Å². The summed E-state index contributed by atoms with van der Waals surface area (Å²) in [6, 6.07) is 0. The molecular weight excluding hydrogens is 352 g/mol. The first kappa shape index (κ1) is 20.7. The number of carbonyl (C=O) groups is 1. The van der Waals surface area contributed by atoms with Gasteiger partial charge in [-0.25, -0.2) is 0 Å². The number of aliphatic hydroxyl groups is 2. The van der Waals surface area contributed by atoms with Crippen LogP contribution in [0.25, 0.3) is 0 Å². The van der Waals surface area contributed by atoms with Crippen molar-refractivity contribution in [3.8, 4) is 0 Å². The van der Waals surface area contributed by atoms with E-state index in [1.807, 2.05) is 0 Å². The molecule has 0 radical (unpaired) electrons. The van der Waals surface area contributed by atoms with E-state index in [9.17, 15) is 15.0 Å². The Morgan fingerprint density at radius 2 is 1.86 bits per heavy atom. The van der Waals surface area contributed by atoms with Gasteiger partial charge in [-0.1, -0.05) is 20.8 Å². The summed E-state index contributed by atoms with van der Waals surface area (Å²) in [5, 5.41) is 30.5. The van der Waals surface area contributed by atoms with Gasteiger partial charge >= 0.3 is 5.97 Å². The van der Waals surface area contributed by atoms with Crippen LogP contribution in [-0.4, -0.2) is 33.5 Å². The molecule has 0 unspecified atom stereocenters. The Hall–Kier alpha value is -0.610. The fourth-order valence-electron chi connectivity index (χ4n) is 8.58. The van der Waals surface area contributed by atoms with Crippen LogP contribution in [0.2, 0.25) is 0 Å². The van der Waals surface area contributed by atoms with E-state index < -0.39 is 5.97 Å². The van der Waals surface area contributed by atoms with Crippen molar-refractivity contribution in [1.29, 1.82) is 0 Å². The van der Waals surface area contributed by atoms with Crippen LogP contribution >= 0.6 is 0 Å². The molecule has 0 aromatic carbocycles. The van der Waals surface area contributed by atoms with E-state index in [2.05, 4.69) is 20.8 Å². The lowest BCUT2D eigenvalue weighted by Gasteiger charge is -2.61. The fraction of sp³-hybridized carbons (Fsp3) is 0.958. The van der Waals surface area contributed by atoms with Crippen LogP contribution < -0.4 is 0 Å². The first-order chi connectivity index (χ1) is 13.2. The van der Waals surface area contributed by atoms with E-state index in [1.165, 1.54) is 19.3 Å². The van der Waals surface area contributed by atoms with Crippen molar-refractivity contribution < 1.29 is 20.1 Å². The molecule has 4 aliphatic rings. The summed E-state index contributed by atoms with van der Waals surface area (Å²) in [4.78, 5) is 11.0. The molecule has 160 valence electrons. The predicted octanol–water partition coefficient (Wildman–Crippen LogP) is 4.33. The highest BCUT2D eigenvalue weighted by Gasteiger charge is 2.60. The molecule has 4 fully saturated rings. The maximum Gasteiger partial charge on any atom is 0.303 e. The lowest BCUT2D eigenvalue weighted by molar-refractivity contribution is -0.168. The first-order valence-corrected chi connectivity index (χ1v) is 11.8. The zero-order valence-electron chi connectivity index (χ0n) is 17.9. The number of carboxylic acid groups (broad SMARTS) is 1. The third-order valence-electron chi connectivity index (χ3n) is 9.93. The molecule has 0 aromatic rings. The van der Waals surface area contributed by atoms with Crippen LogP contribution in [0.5, 0.6) is 0 Å². The number of aliphatic hydroxyl groups excluding tert-OH is 2. The molecule has 0 heterocycles. The standard InChI is InChI=1S/C24H40O4/c1-13(4-7-21(27)28)17-5-6-18-22(17)14(2)10-19-23(18)20(26)12-15-11-16(25)8-9-24(15,19)3/h13-20,22-23,25-26H,4-12H2,1-3H3,(H,27,28)/t13-,14-,15+,16-,17-,18-,19+,20-,22-,23+,24+/m1/s1. The van der Waals surface area contributed by atoms with E-state index in [4.69, 9.17) is 5.11 Å². The van der Waals surface area contributed by atoms with Gasteiger partial charge in [0.1, 0.15) is 0 Å². The highest BCUT2D eigenvalue weighted by atomic mass is 16.4. The average Bonchev–Trinajstić information content (AvgIpc) is 3.07. The molecule has 28 heavy (non-hydrogen) atoms. The highest BCUT2D eigenvalue weighted by Crippen LogP contribution is 2.65. The summed E-state index contributed by atoms with van der Waals surface area (Å²) in [5.41, 5.74) is 0.273. The normalized spacial score (nSPS) is 51.7. The molecule has 4 aliphatic carbocycles. The lowest BCUT2D eigenvalue weighted by atomic mass is 9.44. The number of aliphatic carboxylic acids is 1. The average molecular weight is 393 g/mol. The molecule has 4 nitrogen and oxygen atoms in total. The second-order valence-corrected chi connectivity index (χ2v) is 11.2. The summed E-state index contributed by atoms with van der Waals surface area (Å²) in [7, 11) is 0. The summed E-state index contributed by atoms with van der Waals surface area (Å²) in [5.74, 6) is 3.75. The molecule has 4 saturated carbocycles. The molecule has 0 aromatic heterocycles. The molecule has 0 amide bonds. The monoisotopic (exact) mass is 392 g/mol. The molecule has 4 rings (SSSR count). The van der Waals surface area contributed by atoms with Crippen molar-refractivity contribution in [2.75, 3.05) is 0 Å². The number of fused-ring (bicyclic) bond motifs is 5. The zero-order valence-corrected chi connectivity index (χ0v) is 17.9. The number of hydrogen-bond donors (Lipinski definition) is 3. The molecule has 11 atom stereocenters. The Bertz CT molecular complexity index is 591. The smallest absolute Gasteiger partial charge is 0.303 e. The van der Waals surface area contributed by atoms with E-state index in [0.717, 1.165) is 32.1 Å². The van der Waals surface area contributed by atoms with Gasteiger partial charge in [0, 0.05) is 6.42 Å². The summed E-state index contributed by atoms with van der Waals surface area (Å²) >= 11 is 0. The van der Waals surface area contributed by atoms with Gasteiger partial charge in [0.15, 0.2) is 0 Å². The minimum atomic E-state index is -0.681. The van der Waals surface area contributed by atoms with Crippen molar-refractivity contribution in [1.82, 2.24) is 0 Å². The number of rotatable bonds is 4. The van der Waals surface area contributed by atoms with Gasteiger partial charge in [-0.3, -0.25) is 4.79 Å². The van der Waals surface area contributed by atoms with Crippen molar-refractivity contribution in [3.05, 3.63) is 0 Å². The van der Waals surface area contributed by atoms with Gasteiger partial charge in [-0.2, -0.15) is 0 Å². The molecule has 0 aliphatic heterocycles. The largest absolute Gasteiger partial charge is 0.481 e. The third kappa shape index (κ3) is 3.33. The van der Waals surface area contributed by atoms with Gasteiger partial charge in [-0.15, -0.1) is 0 Å². The summed E-state index contributed by atoms with van der Waals surface area (Å²) in [6.07, 6.45) is 8.04. The summed E-state index contributed by atoms with van der Waals surface area (Å²) in [6.45, 7) is 7.14. The Morgan fingerprint density at radius 3 is 2.57 bits per heavy atom. The highest BCUT2D eigenvalue weighted by molar-refractivity contribution is 5.66. The zero-order chi connectivity index (χ0) is 20.2. The Kier molecular flexibility index (Phi) is 5.59. The topological polar surface area (TPSA) is 77.8 Å². The molecule has 0 saturated heterocycles. The van der Waals surface area contributed by atoms with Crippen molar-refractivity contribution in [3.63, 3.8) is 0 Å². The van der Waals surface area contributed by atoms with E-state index in [-0.39, 0.29) is 24.0 Å². The first-order valence-electron chi connectivity index (χ1n) is 11.8. The lowest BCUT2D eigenvalue weighted by Crippen LogP contribution is -2.58. The Morgan fingerprint density at radius 1 is 1.11 bits per heavy atom. The Labute approximate surface area is 170 Å². The minimum Gasteiger partial charge on any atom is -0.481 e. The molecular formula is C24H40O4. The van der Waals surface area contributed by atoms with Crippen LogP contribution in [0.4, 0.5) is 0 Å². The molecule has 0 spiro atoms. The van der Waals surface area contributed by atoms with Crippen LogP contribution in [0.3, 0.4) is 0 Å². The number of carboxylic acids is 1. The molecule has 3 N–H and O–H groups in total. The quantitative estimate of drug-likeness (QED) is 0.665. The van der Waals surface area contributed by atoms with Gasteiger partial charge in [0.25, 0.3) is 0 Å². The van der Waals surface area contributed by atoms with E-state index >= 15 is 0 Å². The van der Waals surface area contributed by atoms with Gasteiger partial charge in [0.2, 0.25) is 0 Å². The molecule has 4 heteroatoms. The maximum atomic E-state index is 11.2. The van der Waals surface area contributed by atoms with Crippen molar-refractivity contribution >= 4 is 5.97 Å². The second kappa shape index (κ2) is 7.58. The van der Waals surface area contributed by atoms with Gasteiger partial charge in [0.05, 0.1) is 12.2 Å². The van der Waals surface area contributed by atoms with Crippen LogP contribution in [0, 0.1) is 52.8 Å². The predicted molar refractivity (Wildman–Crippen MR) is 109 cm³/mol. The SMILES string of the molecule is C[C@H](CCC(=O)O)[C@H]1CC[C@@H]2[C@@H]1[C@H](C)C[C@H]1[C@H]2[C@H](O)C[C@@H]2C[C@H](O)CC[C@@]21C. The van der Waals surface area contributed by atoms with Crippen molar-refractivity contribution in [2.24, 2.45) is 52.8 Å². The van der Waals surface area contributed by atoms with E-state index in [0.29, 0.717) is 47.3 Å².